The number of nitrogens with one attached hydrogen (secondary N) is 1. The van der Waals surface area contributed by atoms with Crippen LogP contribution in [0.4, 0.5) is 19.1 Å². The molecule has 1 fully saturated rings. The number of benzene rings is 3. The number of piperidine rings is 1. The number of hydrogen-bond acceptors (Lipinski definition) is 6. The van der Waals surface area contributed by atoms with Gasteiger partial charge in [0.1, 0.15) is 12.4 Å². The Kier molecular flexibility index (Phi) is 11.2. The number of fused-ring (bicyclic) bond motifs is 1. The highest BCUT2D eigenvalue weighted by molar-refractivity contribution is 5.94. The normalized spacial score (nSPS) is 15.2. The van der Waals surface area contributed by atoms with Crippen LogP contribution in [0.15, 0.2) is 78.9 Å². The van der Waals surface area contributed by atoms with Crippen LogP contribution in [-0.2, 0) is 11.3 Å². The third-order valence-electron chi connectivity index (χ3n) is 8.52. The zero-order valence-corrected chi connectivity index (χ0v) is 26.4. The SMILES string of the molecule is COc1cccc(C(CCN2CCC(Nc3nc4ccccc4n3CCOCC(F)(F)F)CC2)CN(C)C(=O)c2ccccc2)c1. The van der Waals surface area contributed by atoms with E-state index in [9.17, 15) is 18.0 Å². The summed E-state index contributed by atoms with van der Waals surface area (Å²) in [5.74, 6) is 1.57. The van der Waals surface area contributed by atoms with E-state index in [4.69, 9.17) is 14.5 Å². The predicted molar refractivity (Wildman–Crippen MR) is 173 cm³/mol. The smallest absolute Gasteiger partial charge is 0.411 e. The number of nitrogens with zero attached hydrogens (tertiary/aromatic N) is 4. The molecule has 0 radical (unpaired) electrons. The molecule has 1 aliphatic heterocycles. The summed E-state index contributed by atoms with van der Waals surface area (Å²) in [5.41, 5.74) is 3.46. The van der Waals surface area contributed by atoms with Crippen molar-refractivity contribution in [1.82, 2.24) is 19.4 Å². The van der Waals surface area contributed by atoms with Crippen LogP contribution < -0.4 is 10.1 Å². The van der Waals surface area contributed by atoms with Crippen LogP contribution >= 0.6 is 0 Å². The zero-order chi connectivity index (χ0) is 32.5. The van der Waals surface area contributed by atoms with Crippen LogP contribution in [0.5, 0.6) is 5.75 Å². The van der Waals surface area contributed by atoms with E-state index < -0.39 is 12.8 Å². The lowest BCUT2D eigenvalue weighted by Gasteiger charge is -2.34. The van der Waals surface area contributed by atoms with Crippen LogP contribution in [0.2, 0.25) is 0 Å². The van der Waals surface area contributed by atoms with Crippen molar-refractivity contribution in [2.75, 3.05) is 58.9 Å². The number of carbonyl (C=O) groups is 1. The van der Waals surface area contributed by atoms with Crippen molar-refractivity contribution in [2.24, 2.45) is 0 Å². The average Bonchev–Trinajstić information content (AvgIpc) is 3.41. The van der Waals surface area contributed by atoms with Gasteiger partial charge in [0, 0.05) is 50.7 Å². The van der Waals surface area contributed by atoms with Gasteiger partial charge in [-0.3, -0.25) is 4.79 Å². The molecular formula is C35H42F3N5O3. The summed E-state index contributed by atoms with van der Waals surface area (Å²) in [4.78, 5) is 22.1. The highest BCUT2D eigenvalue weighted by atomic mass is 19.4. The highest BCUT2D eigenvalue weighted by Gasteiger charge is 2.28. The number of rotatable bonds is 14. The van der Waals surface area contributed by atoms with Crippen molar-refractivity contribution in [1.29, 1.82) is 0 Å². The number of para-hydroxylation sites is 2. The minimum absolute atomic E-state index is 0.00155. The van der Waals surface area contributed by atoms with Crippen molar-refractivity contribution in [3.8, 4) is 5.75 Å². The molecule has 5 rings (SSSR count). The molecule has 1 unspecified atom stereocenters. The Morgan fingerprint density at radius 1 is 1.02 bits per heavy atom. The fraction of sp³-hybridized carbons (Fsp3) is 0.429. The molecule has 1 atom stereocenters. The Hall–Kier alpha value is -4.09. The minimum atomic E-state index is -4.35. The monoisotopic (exact) mass is 637 g/mol. The number of halogens is 3. The molecular weight excluding hydrogens is 595 g/mol. The molecule has 0 spiro atoms. The van der Waals surface area contributed by atoms with E-state index >= 15 is 0 Å². The van der Waals surface area contributed by atoms with Gasteiger partial charge < -0.3 is 29.2 Å². The molecule has 2 heterocycles. The molecule has 3 aromatic carbocycles. The first kappa shape index (κ1) is 33.3. The van der Waals surface area contributed by atoms with Gasteiger partial charge in [0.2, 0.25) is 5.95 Å². The van der Waals surface area contributed by atoms with Gasteiger partial charge in [0.25, 0.3) is 5.91 Å². The molecule has 0 aliphatic carbocycles. The van der Waals surface area contributed by atoms with Gasteiger partial charge in [-0.1, -0.05) is 42.5 Å². The van der Waals surface area contributed by atoms with E-state index in [1.165, 1.54) is 0 Å². The van der Waals surface area contributed by atoms with Gasteiger partial charge in [0.15, 0.2) is 0 Å². The largest absolute Gasteiger partial charge is 0.497 e. The van der Waals surface area contributed by atoms with E-state index in [2.05, 4.69) is 22.3 Å². The molecule has 1 aliphatic rings. The van der Waals surface area contributed by atoms with Crippen molar-refractivity contribution >= 4 is 22.9 Å². The lowest BCUT2D eigenvalue weighted by atomic mass is 9.93. The summed E-state index contributed by atoms with van der Waals surface area (Å²) in [5, 5.41) is 3.56. The number of anilines is 1. The third-order valence-corrected chi connectivity index (χ3v) is 8.52. The Balaban J connectivity index is 1.18. The van der Waals surface area contributed by atoms with Gasteiger partial charge >= 0.3 is 6.18 Å². The summed E-state index contributed by atoms with van der Waals surface area (Å²) in [6.07, 6.45) is -1.66. The number of imidazole rings is 1. The second-order valence-electron chi connectivity index (χ2n) is 11.8. The minimum Gasteiger partial charge on any atom is -0.497 e. The van der Waals surface area contributed by atoms with E-state index in [1.54, 1.807) is 12.0 Å². The molecule has 8 nitrogen and oxygen atoms in total. The van der Waals surface area contributed by atoms with Crippen LogP contribution in [0.25, 0.3) is 11.0 Å². The number of ether oxygens (including phenoxy) is 2. The Morgan fingerprint density at radius 2 is 1.76 bits per heavy atom. The number of likely N-dealkylation sites (tertiary alicyclic amines) is 1. The van der Waals surface area contributed by atoms with Crippen LogP contribution in [0.1, 0.15) is 41.1 Å². The number of aromatic nitrogens is 2. The molecule has 1 saturated heterocycles. The molecule has 4 aromatic rings. The molecule has 1 aromatic heterocycles. The average molecular weight is 638 g/mol. The van der Waals surface area contributed by atoms with Crippen LogP contribution in [0.3, 0.4) is 0 Å². The van der Waals surface area contributed by atoms with Gasteiger partial charge in [-0.25, -0.2) is 4.98 Å². The van der Waals surface area contributed by atoms with Crippen molar-refractivity contribution in [3.63, 3.8) is 0 Å². The molecule has 0 bridgehead atoms. The van der Waals surface area contributed by atoms with Crippen molar-refractivity contribution in [3.05, 3.63) is 90.0 Å². The van der Waals surface area contributed by atoms with Gasteiger partial charge in [-0.15, -0.1) is 0 Å². The quantitative estimate of drug-likeness (QED) is 0.160. The maximum absolute atomic E-state index is 13.1. The maximum atomic E-state index is 13.1. The Morgan fingerprint density at radius 3 is 2.50 bits per heavy atom. The first-order valence-corrected chi connectivity index (χ1v) is 15.7. The Bertz CT molecular complexity index is 1550. The number of likely N-dealkylation sites (N-methyl/N-ethyl adjacent to an activating group) is 1. The second-order valence-corrected chi connectivity index (χ2v) is 11.8. The summed E-state index contributed by atoms with van der Waals surface area (Å²) in [7, 11) is 3.52. The number of amides is 1. The number of hydrogen-bond donors (Lipinski definition) is 1. The molecule has 246 valence electrons. The number of alkyl halides is 3. The third kappa shape index (κ3) is 9.01. The van der Waals surface area contributed by atoms with Crippen molar-refractivity contribution < 1.29 is 27.4 Å². The Labute approximate surface area is 268 Å². The highest BCUT2D eigenvalue weighted by Crippen LogP contribution is 2.27. The van der Waals surface area contributed by atoms with E-state index in [0.717, 1.165) is 61.2 Å². The molecule has 0 saturated carbocycles. The van der Waals surface area contributed by atoms with Gasteiger partial charge in [-0.2, -0.15) is 13.2 Å². The number of carbonyl (C=O) groups excluding carboxylic acids is 1. The summed E-state index contributed by atoms with van der Waals surface area (Å²) < 4.78 is 50.0. The summed E-state index contributed by atoms with van der Waals surface area (Å²) in [6.45, 7) is 2.21. The lowest BCUT2D eigenvalue weighted by molar-refractivity contribution is -0.174. The molecule has 1 N–H and O–H groups in total. The molecule has 11 heteroatoms. The fourth-order valence-corrected chi connectivity index (χ4v) is 6.05. The lowest BCUT2D eigenvalue weighted by Crippen LogP contribution is -2.40. The second kappa shape index (κ2) is 15.5. The molecule has 46 heavy (non-hydrogen) atoms. The van der Waals surface area contributed by atoms with E-state index in [1.807, 2.05) is 78.3 Å². The molecule has 1 amide bonds. The first-order valence-electron chi connectivity index (χ1n) is 15.7. The van der Waals surface area contributed by atoms with Gasteiger partial charge in [0.05, 0.1) is 24.8 Å². The van der Waals surface area contributed by atoms with Crippen molar-refractivity contribution in [2.45, 2.75) is 43.9 Å². The van der Waals surface area contributed by atoms with Crippen LogP contribution in [0, 0.1) is 0 Å². The van der Waals surface area contributed by atoms with Crippen LogP contribution in [-0.4, -0.2) is 91.0 Å². The standard InChI is InChI=1S/C35H42F3N5O3/c1-41(33(44)26-9-4-3-5-10-26)24-28(27-11-8-12-30(23-27)45-2)15-18-42-19-16-29(17-20-42)39-34-40-31-13-6-7-14-32(31)43(34)21-22-46-25-35(36,37)38/h3-14,23,28-29H,15-22,24-25H2,1-2H3,(H,39,40). The van der Waals surface area contributed by atoms with E-state index in [-0.39, 0.29) is 31.0 Å². The number of methoxy groups -OCH3 is 1. The summed E-state index contributed by atoms with van der Waals surface area (Å²) in [6, 6.07) is 25.2. The van der Waals surface area contributed by atoms with E-state index in [0.29, 0.717) is 18.1 Å². The summed E-state index contributed by atoms with van der Waals surface area (Å²) >= 11 is 0. The topological polar surface area (TPSA) is 71.9 Å². The zero-order valence-electron chi connectivity index (χ0n) is 26.4. The first-order chi connectivity index (χ1) is 22.2. The fourth-order valence-electron chi connectivity index (χ4n) is 6.05. The predicted octanol–water partition coefficient (Wildman–Crippen LogP) is 6.45. The maximum Gasteiger partial charge on any atom is 0.411 e. The van der Waals surface area contributed by atoms with Gasteiger partial charge in [-0.05, 0) is 67.8 Å².